The third-order valence-electron chi connectivity index (χ3n) is 2.02. The molecule has 0 unspecified atom stereocenters. The summed E-state index contributed by atoms with van der Waals surface area (Å²) in [6.45, 7) is 5.81. The van der Waals surface area contributed by atoms with Gasteiger partial charge in [0, 0.05) is 12.5 Å². The summed E-state index contributed by atoms with van der Waals surface area (Å²) in [6, 6.07) is 7.66. The van der Waals surface area contributed by atoms with Crippen LogP contribution >= 0.6 is 0 Å². The predicted molar refractivity (Wildman–Crippen MR) is 67.8 cm³/mol. The summed E-state index contributed by atoms with van der Waals surface area (Å²) in [7, 11) is 0. The first-order valence-corrected chi connectivity index (χ1v) is 5.36. The summed E-state index contributed by atoms with van der Waals surface area (Å²) < 4.78 is 10.3. The van der Waals surface area contributed by atoms with E-state index in [4.69, 9.17) is 9.47 Å². The maximum atomic E-state index is 10.5. The molecular formula is C14H16O3. The molecule has 1 rings (SSSR count). The molecule has 0 saturated carbocycles. The molecule has 1 aromatic rings. The summed E-state index contributed by atoms with van der Waals surface area (Å²) in [4.78, 5) is 10.5. The van der Waals surface area contributed by atoms with Crippen molar-refractivity contribution in [3.8, 4) is 5.75 Å². The Balaban J connectivity index is 2.35. The minimum Gasteiger partial charge on any atom is -0.489 e. The van der Waals surface area contributed by atoms with Gasteiger partial charge in [-0.1, -0.05) is 30.9 Å². The maximum Gasteiger partial charge on any atom is 0.302 e. The van der Waals surface area contributed by atoms with Gasteiger partial charge in [-0.25, -0.2) is 0 Å². The standard InChI is InChI=1S/C14H16O3/c1-3-13-8-4-5-9-14(13)17-11-7-6-10-16-12(2)15/h3-9H,1,10-11H2,2H3/b7-6-. The van der Waals surface area contributed by atoms with Crippen LogP contribution in [0.5, 0.6) is 5.75 Å². The largest absolute Gasteiger partial charge is 0.489 e. The van der Waals surface area contributed by atoms with Crippen molar-refractivity contribution in [3.63, 3.8) is 0 Å². The normalized spacial score (nSPS) is 10.2. The summed E-state index contributed by atoms with van der Waals surface area (Å²) in [5.41, 5.74) is 0.959. The number of hydrogen-bond acceptors (Lipinski definition) is 3. The lowest BCUT2D eigenvalue weighted by Gasteiger charge is -2.06. The van der Waals surface area contributed by atoms with E-state index in [0.717, 1.165) is 11.3 Å². The molecule has 17 heavy (non-hydrogen) atoms. The number of rotatable bonds is 6. The summed E-state index contributed by atoms with van der Waals surface area (Å²) in [5, 5.41) is 0. The van der Waals surface area contributed by atoms with E-state index in [0.29, 0.717) is 6.61 Å². The van der Waals surface area contributed by atoms with Crippen molar-refractivity contribution in [2.45, 2.75) is 6.92 Å². The quantitative estimate of drug-likeness (QED) is 0.559. The molecule has 1 aromatic carbocycles. The van der Waals surface area contributed by atoms with Crippen LogP contribution in [0.4, 0.5) is 0 Å². The Labute approximate surface area is 101 Å². The van der Waals surface area contributed by atoms with Crippen LogP contribution in [-0.2, 0) is 9.53 Å². The van der Waals surface area contributed by atoms with Crippen LogP contribution in [0, 0.1) is 0 Å². The molecule has 0 saturated heterocycles. The van der Waals surface area contributed by atoms with Crippen molar-refractivity contribution >= 4 is 12.0 Å². The van der Waals surface area contributed by atoms with Crippen LogP contribution in [-0.4, -0.2) is 19.2 Å². The molecule has 0 N–H and O–H groups in total. The van der Waals surface area contributed by atoms with Crippen LogP contribution in [0.1, 0.15) is 12.5 Å². The summed E-state index contributed by atoms with van der Waals surface area (Å²) in [6.07, 6.45) is 5.30. The lowest BCUT2D eigenvalue weighted by molar-refractivity contribution is -0.139. The van der Waals surface area contributed by atoms with Gasteiger partial charge in [-0.15, -0.1) is 0 Å². The van der Waals surface area contributed by atoms with Gasteiger partial charge in [-0.3, -0.25) is 4.79 Å². The number of carbonyl (C=O) groups excluding carboxylic acids is 1. The van der Waals surface area contributed by atoms with Crippen LogP contribution in [0.15, 0.2) is 43.0 Å². The van der Waals surface area contributed by atoms with E-state index >= 15 is 0 Å². The number of carbonyl (C=O) groups is 1. The van der Waals surface area contributed by atoms with E-state index in [9.17, 15) is 4.79 Å². The van der Waals surface area contributed by atoms with Gasteiger partial charge in [0.25, 0.3) is 0 Å². The number of benzene rings is 1. The fraction of sp³-hybridized carbons (Fsp3) is 0.214. The zero-order chi connectivity index (χ0) is 12.5. The van der Waals surface area contributed by atoms with Crippen LogP contribution in [0.25, 0.3) is 6.08 Å². The molecule has 0 atom stereocenters. The molecule has 3 heteroatoms. The van der Waals surface area contributed by atoms with E-state index in [-0.39, 0.29) is 12.6 Å². The summed E-state index contributed by atoms with van der Waals surface area (Å²) in [5.74, 6) is 0.507. The first-order chi connectivity index (χ1) is 8.24. The molecular weight excluding hydrogens is 216 g/mol. The van der Waals surface area contributed by atoms with Gasteiger partial charge >= 0.3 is 5.97 Å². The third kappa shape index (κ3) is 5.02. The minimum atomic E-state index is -0.285. The number of ether oxygens (including phenoxy) is 2. The fourth-order valence-corrected chi connectivity index (χ4v) is 1.22. The average Bonchev–Trinajstić information content (AvgIpc) is 2.33. The third-order valence-corrected chi connectivity index (χ3v) is 2.02. The van der Waals surface area contributed by atoms with Gasteiger partial charge < -0.3 is 9.47 Å². The molecule has 0 spiro atoms. The molecule has 0 aromatic heterocycles. The topological polar surface area (TPSA) is 35.5 Å². The monoisotopic (exact) mass is 232 g/mol. The fourth-order valence-electron chi connectivity index (χ4n) is 1.22. The first kappa shape index (κ1) is 13.0. The molecule has 0 radical (unpaired) electrons. The van der Waals surface area contributed by atoms with E-state index in [2.05, 4.69) is 6.58 Å². The van der Waals surface area contributed by atoms with E-state index < -0.39 is 0 Å². The molecule has 0 aliphatic heterocycles. The second-order valence-electron chi connectivity index (χ2n) is 3.33. The van der Waals surface area contributed by atoms with Crippen molar-refractivity contribution in [2.75, 3.05) is 13.2 Å². The number of para-hydroxylation sites is 1. The van der Waals surface area contributed by atoms with Crippen LogP contribution in [0.2, 0.25) is 0 Å². The highest BCUT2D eigenvalue weighted by atomic mass is 16.5. The van der Waals surface area contributed by atoms with Crippen molar-refractivity contribution in [2.24, 2.45) is 0 Å². The summed E-state index contributed by atoms with van der Waals surface area (Å²) >= 11 is 0. The highest BCUT2D eigenvalue weighted by molar-refractivity contribution is 5.66. The van der Waals surface area contributed by atoms with Crippen molar-refractivity contribution < 1.29 is 14.3 Å². The average molecular weight is 232 g/mol. The van der Waals surface area contributed by atoms with Gasteiger partial charge in [0.15, 0.2) is 0 Å². The van der Waals surface area contributed by atoms with Gasteiger partial charge in [0.2, 0.25) is 0 Å². The highest BCUT2D eigenvalue weighted by Crippen LogP contribution is 2.18. The molecule has 0 amide bonds. The van der Waals surface area contributed by atoms with Crippen molar-refractivity contribution in [3.05, 3.63) is 48.6 Å². The van der Waals surface area contributed by atoms with Crippen LogP contribution < -0.4 is 4.74 Å². The molecule has 0 bridgehead atoms. The SMILES string of the molecule is C=Cc1ccccc1OC/C=C\COC(C)=O. The Morgan fingerprint density at radius 2 is 2.00 bits per heavy atom. The Hall–Kier alpha value is -2.03. The van der Waals surface area contributed by atoms with E-state index in [1.165, 1.54) is 6.92 Å². The maximum absolute atomic E-state index is 10.5. The zero-order valence-electron chi connectivity index (χ0n) is 9.89. The molecule has 0 aliphatic rings. The Kier molecular flexibility index (Phi) is 5.58. The molecule has 0 aliphatic carbocycles. The van der Waals surface area contributed by atoms with Gasteiger partial charge in [-0.2, -0.15) is 0 Å². The van der Waals surface area contributed by atoms with Gasteiger partial charge in [0.05, 0.1) is 0 Å². The van der Waals surface area contributed by atoms with Crippen molar-refractivity contribution in [1.29, 1.82) is 0 Å². The van der Waals surface area contributed by atoms with E-state index in [1.807, 2.05) is 30.3 Å². The second kappa shape index (κ2) is 7.28. The van der Waals surface area contributed by atoms with Gasteiger partial charge in [-0.05, 0) is 18.2 Å². The predicted octanol–water partition coefficient (Wildman–Crippen LogP) is 2.83. The lowest BCUT2D eigenvalue weighted by atomic mass is 10.2. The smallest absolute Gasteiger partial charge is 0.302 e. The Morgan fingerprint density at radius 1 is 1.29 bits per heavy atom. The lowest BCUT2D eigenvalue weighted by Crippen LogP contribution is -1.99. The van der Waals surface area contributed by atoms with Crippen molar-refractivity contribution in [1.82, 2.24) is 0 Å². The molecule has 0 heterocycles. The Morgan fingerprint density at radius 3 is 2.71 bits per heavy atom. The molecule has 0 fully saturated rings. The second-order valence-corrected chi connectivity index (χ2v) is 3.33. The number of esters is 1. The molecule has 3 nitrogen and oxygen atoms in total. The zero-order valence-corrected chi connectivity index (χ0v) is 9.89. The Bertz CT molecular complexity index is 408. The van der Waals surface area contributed by atoms with Gasteiger partial charge in [0.1, 0.15) is 19.0 Å². The highest BCUT2D eigenvalue weighted by Gasteiger charge is 1.96. The molecule has 90 valence electrons. The first-order valence-electron chi connectivity index (χ1n) is 5.36. The van der Waals surface area contributed by atoms with Crippen LogP contribution in [0.3, 0.4) is 0 Å². The van der Waals surface area contributed by atoms with E-state index in [1.54, 1.807) is 12.2 Å². The minimum absolute atomic E-state index is 0.280. The number of hydrogen-bond donors (Lipinski definition) is 0.